The second-order valence-corrected chi connectivity index (χ2v) is 4.21. The van der Waals surface area contributed by atoms with Gasteiger partial charge in [0.25, 0.3) is 5.69 Å². The van der Waals surface area contributed by atoms with Gasteiger partial charge < -0.3 is 14.2 Å². The summed E-state index contributed by atoms with van der Waals surface area (Å²) in [6.45, 7) is 0. The van der Waals surface area contributed by atoms with E-state index in [2.05, 4.69) is 0 Å². The number of rotatable bonds is 5. The van der Waals surface area contributed by atoms with Crippen LogP contribution in [0.25, 0.3) is 0 Å². The molecule has 0 aliphatic carbocycles. The first-order valence-corrected chi connectivity index (χ1v) is 6.24. The van der Waals surface area contributed by atoms with Crippen LogP contribution in [0.1, 0.15) is 10.4 Å². The maximum Gasteiger partial charge on any atom is 0.341 e. The topological polar surface area (TPSA) is 87.9 Å². The predicted molar refractivity (Wildman–Crippen MR) is 77.5 cm³/mol. The van der Waals surface area contributed by atoms with Gasteiger partial charge in [-0.1, -0.05) is 6.07 Å². The largest absolute Gasteiger partial charge is 0.497 e. The van der Waals surface area contributed by atoms with Crippen molar-refractivity contribution < 1.29 is 23.9 Å². The lowest BCUT2D eigenvalue weighted by Crippen LogP contribution is -2.04. The van der Waals surface area contributed by atoms with Crippen molar-refractivity contribution in [1.29, 1.82) is 0 Å². The molecule has 7 nitrogen and oxygen atoms in total. The fraction of sp³-hybridized carbons (Fsp3) is 0.133. The number of nitro benzene ring substituents is 1. The molecule has 2 rings (SSSR count). The first-order chi connectivity index (χ1) is 10.5. The monoisotopic (exact) mass is 303 g/mol. The third-order valence-corrected chi connectivity index (χ3v) is 2.85. The number of nitrogens with zero attached hydrogens (tertiary/aromatic N) is 1. The van der Waals surface area contributed by atoms with Crippen molar-refractivity contribution in [2.75, 3.05) is 14.2 Å². The summed E-state index contributed by atoms with van der Waals surface area (Å²) >= 11 is 0. The van der Waals surface area contributed by atoms with Gasteiger partial charge in [-0.25, -0.2) is 4.79 Å². The Kier molecular flexibility index (Phi) is 4.57. The number of ether oxygens (including phenoxy) is 3. The molecule has 0 N–H and O–H groups in total. The van der Waals surface area contributed by atoms with E-state index in [1.807, 2.05) is 0 Å². The molecule has 0 heterocycles. The molecule has 0 aliphatic rings. The number of methoxy groups -OCH3 is 2. The zero-order valence-electron chi connectivity index (χ0n) is 11.9. The van der Waals surface area contributed by atoms with Crippen molar-refractivity contribution in [3.05, 3.63) is 58.1 Å². The first kappa shape index (κ1) is 15.3. The summed E-state index contributed by atoms with van der Waals surface area (Å²) in [7, 11) is 2.72. The summed E-state index contributed by atoms with van der Waals surface area (Å²) in [6.07, 6.45) is 0. The predicted octanol–water partition coefficient (Wildman–Crippen LogP) is 3.18. The van der Waals surface area contributed by atoms with Gasteiger partial charge in [0.2, 0.25) is 0 Å². The fourth-order valence-corrected chi connectivity index (χ4v) is 1.78. The molecule has 0 amide bonds. The SMILES string of the molecule is COC(=O)c1cc(OC)ccc1Oc1cccc([N+](=O)[O-])c1. The van der Waals surface area contributed by atoms with Gasteiger partial charge >= 0.3 is 5.97 Å². The minimum absolute atomic E-state index is 0.106. The van der Waals surface area contributed by atoms with Crippen LogP contribution < -0.4 is 9.47 Å². The minimum atomic E-state index is -0.598. The van der Waals surface area contributed by atoms with Crippen LogP contribution in [0.5, 0.6) is 17.2 Å². The molecular formula is C15H13NO6. The molecule has 114 valence electrons. The van der Waals surface area contributed by atoms with Gasteiger partial charge in [-0.05, 0) is 24.3 Å². The lowest BCUT2D eigenvalue weighted by Gasteiger charge is -2.11. The number of hydrogen-bond donors (Lipinski definition) is 0. The van der Waals surface area contributed by atoms with E-state index in [0.29, 0.717) is 5.75 Å². The van der Waals surface area contributed by atoms with Crippen LogP contribution >= 0.6 is 0 Å². The average molecular weight is 303 g/mol. The van der Waals surface area contributed by atoms with Crippen LogP contribution in [0.2, 0.25) is 0 Å². The van der Waals surface area contributed by atoms with Gasteiger partial charge in [0, 0.05) is 6.07 Å². The molecule has 0 radical (unpaired) electrons. The zero-order valence-corrected chi connectivity index (χ0v) is 11.9. The van der Waals surface area contributed by atoms with E-state index in [0.717, 1.165) is 0 Å². The molecular weight excluding hydrogens is 290 g/mol. The molecule has 2 aromatic carbocycles. The summed E-state index contributed by atoms with van der Waals surface area (Å²) < 4.78 is 15.3. The van der Waals surface area contributed by atoms with E-state index >= 15 is 0 Å². The third-order valence-electron chi connectivity index (χ3n) is 2.85. The second-order valence-electron chi connectivity index (χ2n) is 4.21. The number of benzene rings is 2. The maximum absolute atomic E-state index is 11.8. The lowest BCUT2D eigenvalue weighted by atomic mass is 10.2. The standard InChI is InChI=1S/C15H13NO6/c1-20-11-6-7-14(13(9-11)15(17)21-2)22-12-5-3-4-10(8-12)16(18)19/h3-9H,1-2H3. The van der Waals surface area contributed by atoms with E-state index in [4.69, 9.17) is 14.2 Å². The van der Waals surface area contributed by atoms with Gasteiger partial charge in [-0.15, -0.1) is 0 Å². The molecule has 0 saturated heterocycles. The van der Waals surface area contributed by atoms with Crippen LogP contribution in [0, 0.1) is 10.1 Å². The molecule has 0 atom stereocenters. The molecule has 2 aromatic rings. The smallest absolute Gasteiger partial charge is 0.341 e. The van der Waals surface area contributed by atoms with Crippen molar-refractivity contribution in [3.8, 4) is 17.2 Å². The minimum Gasteiger partial charge on any atom is -0.497 e. The normalized spacial score (nSPS) is 9.91. The number of non-ortho nitro benzene ring substituents is 1. The van der Waals surface area contributed by atoms with E-state index in [1.54, 1.807) is 12.1 Å². The van der Waals surface area contributed by atoms with E-state index in [-0.39, 0.29) is 22.7 Å². The van der Waals surface area contributed by atoms with Gasteiger partial charge in [-0.3, -0.25) is 10.1 Å². The Balaban J connectivity index is 2.38. The Labute approximate surface area is 126 Å². The van der Waals surface area contributed by atoms with Crippen LogP contribution in [0.4, 0.5) is 5.69 Å². The Morgan fingerprint density at radius 2 is 1.86 bits per heavy atom. The highest BCUT2D eigenvalue weighted by molar-refractivity contribution is 5.93. The highest BCUT2D eigenvalue weighted by Crippen LogP contribution is 2.30. The Morgan fingerprint density at radius 3 is 2.50 bits per heavy atom. The van der Waals surface area contributed by atoms with Crippen molar-refractivity contribution in [2.24, 2.45) is 0 Å². The molecule has 22 heavy (non-hydrogen) atoms. The fourth-order valence-electron chi connectivity index (χ4n) is 1.78. The van der Waals surface area contributed by atoms with Crippen molar-refractivity contribution in [1.82, 2.24) is 0 Å². The average Bonchev–Trinajstić information content (AvgIpc) is 2.54. The summed E-state index contributed by atoms with van der Waals surface area (Å²) in [5.41, 5.74) is 0.0546. The van der Waals surface area contributed by atoms with E-state index in [1.165, 1.54) is 44.6 Å². The molecule has 0 saturated carbocycles. The number of hydrogen-bond acceptors (Lipinski definition) is 6. The number of esters is 1. The van der Waals surface area contributed by atoms with Crippen LogP contribution in [0.3, 0.4) is 0 Å². The van der Waals surface area contributed by atoms with Gasteiger partial charge in [0.15, 0.2) is 0 Å². The highest BCUT2D eigenvalue weighted by atomic mass is 16.6. The number of carbonyl (C=O) groups excluding carboxylic acids is 1. The molecule has 0 spiro atoms. The van der Waals surface area contributed by atoms with Crippen LogP contribution in [-0.4, -0.2) is 25.1 Å². The lowest BCUT2D eigenvalue weighted by molar-refractivity contribution is -0.384. The molecule has 0 aliphatic heterocycles. The maximum atomic E-state index is 11.8. The Morgan fingerprint density at radius 1 is 1.09 bits per heavy atom. The van der Waals surface area contributed by atoms with Crippen LogP contribution in [-0.2, 0) is 4.74 Å². The Bertz CT molecular complexity index is 713. The van der Waals surface area contributed by atoms with Gasteiger partial charge in [0.1, 0.15) is 22.8 Å². The van der Waals surface area contributed by atoms with Gasteiger partial charge in [0.05, 0.1) is 25.2 Å². The number of carbonyl (C=O) groups is 1. The van der Waals surface area contributed by atoms with Crippen molar-refractivity contribution in [3.63, 3.8) is 0 Å². The second kappa shape index (κ2) is 6.57. The van der Waals surface area contributed by atoms with Crippen LogP contribution in [0.15, 0.2) is 42.5 Å². The Hall–Kier alpha value is -3.09. The quantitative estimate of drug-likeness (QED) is 0.479. The van der Waals surface area contributed by atoms with E-state index < -0.39 is 10.9 Å². The molecule has 0 unspecified atom stereocenters. The molecule has 0 bridgehead atoms. The van der Waals surface area contributed by atoms with Crippen molar-refractivity contribution >= 4 is 11.7 Å². The van der Waals surface area contributed by atoms with E-state index in [9.17, 15) is 14.9 Å². The summed E-state index contributed by atoms with van der Waals surface area (Å²) in [4.78, 5) is 22.0. The zero-order chi connectivity index (χ0) is 16.1. The summed E-state index contributed by atoms with van der Waals surface area (Å²) in [5.74, 6) is 0.323. The molecule has 0 aromatic heterocycles. The first-order valence-electron chi connectivity index (χ1n) is 6.24. The summed E-state index contributed by atoms with van der Waals surface area (Å²) in [6, 6.07) is 10.3. The highest BCUT2D eigenvalue weighted by Gasteiger charge is 2.16. The molecule has 7 heteroatoms. The van der Waals surface area contributed by atoms with Gasteiger partial charge in [-0.2, -0.15) is 0 Å². The third kappa shape index (κ3) is 3.32. The number of nitro groups is 1. The van der Waals surface area contributed by atoms with Crippen molar-refractivity contribution in [2.45, 2.75) is 0 Å². The molecule has 0 fully saturated rings. The summed E-state index contributed by atoms with van der Waals surface area (Å²) in [5, 5.41) is 10.8.